The Balaban J connectivity index is 0.000000352. The molecule has 0 spiro atoms. The van der Waals surface area contributed by atoms with Gasteiger partial charge in [-0.3, -0.25) is 4.55 Å². The van der Waals surface area contributed by atoms with Gasteiger partial charge in [-0.15, -0.1) is 0 Å². The first kappa shape index (κ1) is 32.5. The molecular formula is C27H26F7NO5S. The summed E-state index contributed by atoms with van der Waals surface area (Å²) in [7, 11) is -4.02. The first-order valence-corrected chi connectivity index (χ1v) is 13.5. The number of benzene rings is 3. The van der Waals surface area contributed by atoms with E-state index in [-0.39, 0.29) is 29.6 Å². The number of halogens is 7. The average molecular weight is 610 g/mol. The van der Waals surface area contributed by atoms with Crippen LogP contribution in [0.5, 0.6) is 0 Å². The molecule has 2 atom stereocenters. The second-order valence-corrected chi connectivity index (χ2v) is 10.5. The van der Waals surface area contributed by atoms with E-state index in [0.717, 1.165) is 5.56 Å². The van der Waals surface area contributed by atoms with Crippen molar-refractivity contribution in [3.8, 4) is 0 Å². The molecule has 224 valence electrons. The lowest BCUT2D eigenvalue weighted by Crippen LogP contribution is -2.43. The van der Waals surface area contributed by atoms with Crippen molar-refractivity contribution < 1.29 is 53.2 Å². The Morgan fingerprint density at radius 2 is 1.49 bits per heavy atom. The summed E-state index contributed by atoms with van der Waals surface area (Å²) in [6.07, 6.45) is -10.8. The lowest BCUT2D eigenvalue weighted by molar-refractivity contribution is -0.177. The third kappa shape index (κ3) is 9.78. The summed E-state index contributed by atoms with van der Waals surface area (Å²) in [5.74, 6) is -0.419. The molecule has 1 saturated heterocycles. The van der Waals surface area contributed by atoms with Crippen LogP contribution in [0.15, 0.2) is 71.6 Å². The summed E-state index contributed by atoms with van der Waals surface area (Å²) in [5.41, 5.74) is -1.25. The Morgan fingerprint density at radius 3 is 2.00 bits per heavy atom. The molecule has 3 aromatic carbocycles. The molecule has 4 rings (SSSR count). The maximum atomic E-state index is 13.1. The normalized spacial score (nSPS) is 18.0. The number of alkyl halides is 6. The quantitative estimate of drug-likeness (QED) is 0.250. The number of aryl methyl sites for hydroxylation is 1. The first-order chi connectivity index (χ1) is 19.0. The number of ether oxygens (including phenoxy) is 2. The van der Waals surface area contributed by atoms with Crippen LogP contribution in [-0.2, 0) is 38.4 Å². The predicted octanol–water partition coefficient (Wildman–Crippen LogP) is 6.35. The molecule has 6 nitrogen and oxygen atoms in total. The highest BCUT2D eigenvalue weighted by Crippen LogP contribution is 2.36. The molecule has 1 heterocycles. The van der Waals surface area contributed by atoms with Crippen molar-refractivity contribution >= 4 is 10.1 Å². The average Bonchev–Trinajstić information content (AvgIpc) is 2.88. The third-order valence-corrected chi connectivity index (χ3v) is 6.76. The van der Waals surface area contributed by atoms with E-state index in [1.165, 1.54) is 24.3 Å². The Labute approximate surface area is 231 Å². The minimum Gasteiger partial charge on any atom is -0.350 e. The fraction of sp³-hybridized carbons (Fsp3) is 0.333. The van der Waals surface area contributed by atoms with Crippen LogP contribution in [0.25, 0.3) is 0 Å². The van der Waals surface area contributed by atoms with Gasteiger partial charge in [-0.2, -0.15) is 34.8 Å². The van der Waals surface area contributed by atoms with Gasteiger partial charge < -0.3 is 14.8 Å². The topological polar surface area (TPSA) is 84.9 Å². The van der Waals surface area contributed by atoms with Gasteiger partial charge in [-0.05, 0) is 66.9 Å². The largest absolute Gasteiger partial charge is 0.416 e. The molecule has 0 unspecified atom stereocenters. The Bertz CT molecular complexity index is 1360. The molecule has 1 aliphatic rings. The number of nitrogens with one attached hydrogen (secondary N) is 1. The van der Waals surface area contributed by atoms with Crippen molar-refractivity contribution in [1.82, 2.24) is 5.32 Å². The number of rotatable bonds is 6. The Kier molecular flexibility index (Phi) is 10.5. The second-order valence-electron chi connectivity index (χ2n) is 9.05. The van der Waals surface area contributed by atoms with Gasteiger partial charge in [0.1, 0.15) is 5.82 Å². The van der Waals surface area contributed by atoms with Crippen molar-refractivity contribution in [3.05, 3.63) is 100 Å². The summed E-state index contributed by atoms with van der Waals surface area (Å²) in [6, 6.07) is 12.6. The van der Waals surface area contributed by atoms with Gasteiger partial charge >= 0.3 is 12.4 Å². The molecule has 1 fully saturated rings. The molecule has 14 heteroatoms. The summed E-state index contributed by atoms with van der Waals surface area (Å²) in [5, 5.41) is 3.14. The summed E-state index contributed by atoms with van der Waals surface area (Å²) < 4.78 is 132. The number of hydrogen-bond acceptors (Lipinski definition) is 5. The van der Waals surface area contributed by atoms with Crippen LogP contribution in [0.4, 0.5) is 30.7 Å². The van der Waals surface area contributed by atoms with Crippen LogP contribution in [-0.4, -0.2) is 39.0 Å². The van der Waals surface area contributed by atoms with Crippen LogP contribution in [0, 0.1) is 12.7 Å². The van der Waals surface area contributed by atoms with Gasteiger partial charge in [-0.25, -0.2) is 4.39 Å². The maximum absolute atomic E-state index is 13.1. The Morgan fingerprint density at radius 1 is 0.927 bits per heavy atom. The molecule has 0 aliphatic carbocycles. The van der Waals surface area contributed by atoms with Crippen molar-refractivity contribution in [3.63, 3.8) is 0 Å². The van der Waals surface area contributed by atoms with Crippen LogP contribution in [0.3, 0.4) is 0 Å². The fourth-order valence-corrected chi connectivity index (χ4v) is 4.32. The molecule has 0 bridgehead atoms. The Hall–Kier alpha value is -3.04. The molecule has 41 heavy (non-hydrogen) atoms. The van der Waals surface area contributed by atoms with E-state index in [1.807, 2.05) is 6.92 Å². The van der Waals surface area contributed by atoms with Gasteiger partial charge in [0, 0.05) is 6.54 Å². The SMILES string of the molecule is Cc1ccc(S(=O)(=O)O)cc1.Fc1ccc([C@@H]2NCCO[C@H]2OCCc2cc(C(F)(F)F)cc(C(F)(F)F)c2)cc1. The van der Waals surface area contributed by atoms with Gasteiger partial charge in [0.2, 0.25) is 0 Å². The highest BCUT2D eigenvalue weighted by Gasteiger charge is 2.37. The highest BCUT2D eigenvalue weighted by molar-refractivity contribution is 7.85. The van der Waals surface area contributed by atoms with E-state index in [0.29, 0.717) is 30.8 Å². The van der Waals surface area contributed by atoms with E-state index in [1.54, 1.807) is 24.3 Å². The van der Waals surface area contributed by atoms with E-state index >= 15 is 0 Å². The standard InChI is InChI=1S/C20H18F7NO2.C7H8O3S/c21-16-3-1-13(2-4-16)17-18(30-8-6-28-17)29-7-5-12-9-14(19(22,23)24)11-15(10-12)20(25,26)27;1-6-2-4-7(5-3-6)11(8,9)10/h1-4,9-11,17-18,28H,5-8H2;2-5H,1H3,(H,8,9,10)/t17-,18+;/m0./s1. The maximum Gasteiger partial charge on any atom is 0.416 e. The number of hydrogen-bond donors (Lipinski definition) is 2. The first-order valence-electron chi connectivity index (χ1n) is 12.1. The zero-order valence-corrected chi connectivity index (χ0v) is 22.3. The molecule has 1 aliphatic heterocycles. The van der Waals surface area contributed by atoms with Crippen LogP contribution in [0.1, 0.15) is 33.9 Å². The smallest absolute Gasteiger partial charge is 0.350 e. The molecule has 0 aromatic heterocycles. The van der Waals surface area contributed by atoms with Gasteiger partial charge in [0.05, 0.1) is 35.3 Å². The fourth-order valence-electron chi connectivity index (χ4n) is 3.84. The monoisotopic (exact) mass is 609 g/mol. The molecule has 3 aromatic rings. The third-order valence-electron chi connectivity index (χ3n) is 5.89. The van der Waals surface area contributed by atoms with Crippen molar-refractivity contribution in [2.24, 2.45) is 0 Å². The van der Waals surface area contributed by atoms with E-state index in [4.69, 9.17) is 14.0 Å². The zero-order chi connectivity index (χ0) is 30.4. The van der Waals surface area contributed by atoms with Crippen LogP contribution < -0.4 is 5.32 Å². The van der Waals surface area contributed by atoms with Crippen LogP contribution >= 0.6 is 0 Å². The minimum absolute atomic E-state index is 0.0666. The highest BCUT2D eigenvalue weighted by atomic mass is 32.2. The predicted molar refractivity (Wildman–Crippen MR) is 134 cm³/mol. The molecule has 2 N–H and O–H groups in total. The summed E-state index contributed by atoms with van der Waals surface area (Å²) >= 11 is 0. The lowest BCUT2D eigenvalue weighted by Gasteiger charge is -2.33. The van der Waals surface area contributed by atoms with E-state index in [9.17, 15) is 39.2 Å². The number of morpholine rings is 1. The van der Waals surface area contributed by atoms with E-state index < -0.39 is 51.7 Å². The zero-order valence-electron chi connectivity index (χ0n) is 21.5. The van der Waals surface area contributed by atoms with Crippen molar-refractivity contribution in [2.45, 2.75) is 42.9 Å². The second kappa shape index (κ2) is 13.3. The summed E-state index contributed by atoms with van der Waals surface area (Å²) in [6.45, 7) is 2.49. The van der Waals surface area contributed by atoms with Gasteiger partial charge in [-0.1, -0.05) is 29.8 Å². The molecule has 0 amide bonds. The lowest BCUT2D eigenvalue weighted by atomic mass is 10.0. The van der Waals surface area contributed by atoms with Gasteiger partial charge in [0.15, 0.2) is 6.29 Å². The van der Waals surface area contributed by atoms with Crippen molar-refractivity contribution in [1.29, 1.82) is 0 Å². The summed E-state index contributed by atoms with van der Waals surface area (Å²) in [4.78, 5) is -0.0666. The molecule has 0 radical (unpaired) electrons. The van der Waals surface area contributed by atoms with Crippen LogP contribution in [0.2, 0.25) is 0 Å². The van der Waals surface area contributed by atoms with Gasteiger partial charge in [0.25, 0.3) is 10.1 Å². The van der Waals surface area contributed by atoms with E-state index in [2.05, 4.69) is 5.32 Å². The minimum atomic E-state index is -4.90. The molecular weight excluding hydrogens is 583 g/mol. The van der Waals surface area contributed by atoms with Crippen molar-refractivity contribution in [2.75, 3.05) is 19.8 Å². The molecule has 0 saturated carbocycles.